The number of carbonyl (C=O) groups excluding carboxylic acids is 1. The molecular formula is C45H48F3N7O7S. The van der Waals surface area contributed by atoms with E-state index in [1.165, 1.54) is 42.1 Å². The molecule has 8 rings (SSSR count). The molecule has 0 saturated carbocycles. The van der Waals surface area contributed by atoms with Crippen molar-refractivity contribution in [2.75, 3.05) is 56.2 Å². The molecule has 1 atom stereocenters. The lowest BCUT2D eigenvalue weighted by Crippen LogP contribution is -2.47. The molecule has 0 unspecified atom stereocenters. The highest BCUT2D eigenvalue weighted by Gasteiger charge is 2.34. The molecule has 2 fully saturated rings. The number of sulfonamides is 1. The number of amides is 1. The number of nitro benzene ring substituents is 1. The van der Waals surface area contributed by atoms with Crippen LogP contribution in [0, 0.1) is 22.5 Å². The number of nitro groups is 1. The largest absolute Gasteiger partial charge is 0.455 e. The highest BCUT2D eigenvalue weighted by atomic mass is 32.2. The summed E-state index contributed by atoms with van der Waals surface area (Å²) in [5.41, 5.74) is 4.11. The number of hydrogen-bond donors (Lipinski definition) is 3. The number of pyridine rings is 1. The fraction of sp³-hybridized carbons (Fsp3) is 0.378. The number of alkyl halides is 3. The second kappa shape index (κ2) is 17.3. The molecule has 0 spiro atoms. The number of fused-ring (bicyclic) bond motifs is 1. The Labute approximate surface area is 362 Å². The Morgan fingerprint density at radius 1 is 1.06 bits per heavy atom. The summed E-state index contributed by atoms with van der Waals surface area (Å²) < 4.78 is 81.5. The van der Waals surface area contributed by atoms with Gasteiger partial charge in [0, 0.05) is 68.7 Å². The van der Waals surface area contributed by atoms with Gasteiger partial charge in [-0.1, -0.05) is 25.5 Å². The van der Waals surface area contributed by atoms with Crippen molar-refractivity contribution in [2.24, 2.45) is 5.41 Å². The van der Waals surface area contributed by atoms with Crippen LogP contribution in [-0.2, 0) is 20.9 Å². The number of aryl methyl sites for hydroxylation is 1. The monoisotopic (exact) mass is 887 g/mol. The minimum absolute atomic E-state index is 0.0118. The van der Waals surface area contributed by atoms with Crippen LogP contribution in [0.2, 0.25) is 0 Å². The molecule has 2 aromatic heterocycles. The van der Waals surface area contributed by atoms with Gasteiger partial charge in [-0.15, -0.1) is 0 Å². The SMILES string of the molecule is Cc1cc(C(F)(F)F)ccc1C1=C(CN2CCN(c3ccc(C(=O)NS(=O)(=O)c4ccc(N[C@H]5CCOC5)c([N+](=O)[O-])c4)c(Oc4cnc5[nH]ccc5c4)c3)CC2)CCC(C)(C)C1. The van der Waals surface area contributed by atoms with Gasteiger partial charge >= 0.3 is 6.18 Å². The van der Waals surface area contributed by atoms with Crippen molar-refractivity contribution in [3.05, 3.63) is 117 Å². The van der Waals surface area contributed by atoms with Crippen molar-refractivity contribution in [3.63, 3.8) is 0 Å². The van der Waals surface area contributed by atoms with Crippen LogP contribution in [0.3, 0.4) is 0 Å². The van der Waals surface area contributed by atoms with E-state index in [1.54, 1.807) is 37.4 Å². The Morgan fingerprint density at radius 2 is 1.86 bits per heavy atom. The molecule has 63 heavy (non-hydrogen) atoms. The third-order valence-corrected chi connectivity index (χ3v) is 13.4. The van der Waals surface area contributed by atoms with Gasteiger partial charge in [-0.3, -0.25) is 19.8 Å². The third kappa shape index (κ3) is 9.82. The average Bonchev–Trinajstić information content (AvgIpc) is 3.93. The van der Waals surface area contributed by atoms with Crippen LogP contribution in [0.4, 0.5) is 30.2 Å². The number of nitrogens with one attached hydrogen (secondary N) is 3. The average molecular weight is 888 g/mol. The Kier molecular flexibility index (Phi) is 12.0. The van der Waals surface area contributed by atoms with Crippen molar-refractivity contribution < 1.29 is 40.8 Å². The first kappa shape index (κ1) is 43.7. The number of hydrogen-bond acceptors (Lipinski definition) is 11. The molecular weight excluding hydrogens is 840 g/mol. The normalized spacial score (nSPS) is 18.4. The summed E-state index contributed by atoms with van der Waals surface area (Å²) in [5.74, 6) is -0.640. The first-order chi connectivity index (χ1) is 29.9. The molecule has 332 valence electrons. The fourth-order valence-electron chi connectivity index (χ4n) is 8.54. The van der Waals surface area contributed by atoms with Crippen LogP contribution >= 0.6 is 0 Å². The topological polar surface area (TPSA) is 172 Å². The van der Waals surface area contributed by atoms with Gasteiger partial charge in [0.2, 0.25) is 0 Å². The smallest absolute Gasteiger partial charge is 0.416 e. The zero-order valence-electron chi connectivity index (χ0n) is 35.0. The van der Waals surface area contributed by atoms with Crippen molar-refractivity contribution in [3.8, 4) is 11.5 Å². The molecule has 4 heterocycles. The van der Waals surface area contributed by atoms with Gasteiger partial charge in [0.1, 0.15) is 22.8 Å². The van der Waals surface area contributed by atoms with Crippen LogP contribution in [0.15, 0.2) is 89.6 Å². The van der Waals surface area contributed by atoms with Gasteiger partial charge in [-0.05, 0) is 103 Å². The number of allylic oxidation sites excluding steroid dienone is 1. The maximum atomic E-state index is 13.9. The lowest BCUT2D eigenvalue weighted by molar-refractivity contribution is -0.384. The van der Waals surface area contributed by atoms with Crippen molar-refractivity contribution in [1.29, 1.82) is 0 Å². The number of rotatable bonds is 12. The Bertz CT molecular complexity index is 2700. The highest BCUT2D eigenvalue weighted by molar-refractivity contribution is 7.90. The standard InChI is InChI=1S/C45H48F3N7O7S/c1-28-20-31(45(46,47)48)4-7-36(28)38-24-44(2,3)13-10-30(38)26-53-15-17-54(18-16-53)33-5-8-37(41(22-33)62-34-21-29-11-14-49-42(29)50-25-34)43(56)52-63(59,60)35-6-9-39(40(23-35)55(57)58)51-32-12-19-61-27-32/h4-9,11,14,20-23,25,32,51H,10,12-13,15-19,24,26-27H2,1-3H3,(H,49,50)(H,52,56)/t32-/m0/s1. The summed E-state index contributed by atoms with van der Waals surface area (Å²) in [5, 5.41) is 15.8. The van der Waals surface area contributed by atoms with E-state index in [4.69, 9.17) is 9.47 Å². The number of nitrogens with zero attached hydrogens (tertiary/aromatic N) is 4. The molecule has 1 aliphatic carbocycles. The predicted octanol–water partition coefficient (Wildman–Crippen LogP) is 8.70. The van der Waals surface area contributed by atoms with E-state index in [9.17, 15) is 36.5 Å². The number of piperazine rings is 1. The molecule has 0 radical (unpaired) electrons. The highest BCUT2D eigenvalue weighted by Crippen LogP contribution is 2.45. The summed E-state index contributed by atoms with van der Waals surface area (Å²) >= 11 is 0. The second-order valence-corrected chi connectivity index (χ2v) is 18.8. The molecule has 14 nitrogen and oxygen atoms in total. The molecule has 5 aromatic rings. The molecule has 0 bridgehead atoms. The first-order valence-corrected chi connectivity index (χ1v) is 22.2. The van der Waals surface area contributed by atoms with E-state index in [-0.39, 0.29) is 28.5 Å². The summed E-state index contributed by atoms with van der Waals surface area (Å²) in [7, 11) is -4.60. The quantitative estimate of drug-likeness (QED) is 0.0809. The summed E-state index contributed by atoms with van der Waals surface area (Å²) in [4.78, 5) is 36.6. The van der Waals surface area contributed by atoms with Gasteiger partial charge in [-0.2, -0.15) is 13.2 Å². The van der Waals surface area contributed by atoms with Gasteiger partial charge in [-0.25, -0.2) is 18.1 Å². The summed E-state index contributed by atoms with van der Waals surface area (Å²) in [6.07, 6.45) is 2.02. The van der Waals surface area contributed by atoms with E-state index in [0.29, 0.717) is 69.3 Å². The summed E-state index contributed by atoms with van der Waals surface area (Å²) in [6, 6.07) is 15.7. The zero-order chi connectivity index (χ0) is 44.7. The lowest BCUT2D eigenvalue weighted by Gasteiger charge is -2.39. The van der Waals surface area contributed by atoms with Gasteiger partial charge in [0.25, 0.3) is 21.6 Å². The Morgan fingerprint density at radius 3 is 2.57 bits per heavy atom. The van der Waals surface area contributed by atoms with Gasteiger partial charge in [0.15, 0.2) is 0 Å². The van der Waals surface area contributed by atoms with Gasteiger partial charge < -0.3 is 24.7 Å². The van der Waals surface area contributed by atoms with Crippen molar-refractivity contribution >= 4 is 49.6 Å². The van der Waals surface area contributed by atoms with Crippen LogP contribution < -0.4 is 19.7 Å². The second-order valence-electron chi connectivity index (χ2n) is 17.2. The van der Waals surface area contributed by atoms with Crippen LogP contribution in [0.5, 0.6) is 11.5 Å². The number of halogens is 3. The molecule has 3 N–H and O–H groups in total. The molecule has 18 heteroatoms. The number of aromatic nitrogens is 2. The zero-order valence-corrected chi connectivity index (χ0v) is 35.9. The maximum absolute atomic E-state index is 13.9. The minimum Gasteiger partial charge on any atom is -0.455 e. The van der Waals surface area contributed by atoms with E-state index < -0.39 is 43.2 Å². The number of aromatic amines is 1. The Balaban J connectivity index is 1.02. The molecule has 3 aliphatic rings. The lowest BCUT2D eigenvalue weighted by atomic mass is 9.72. The van der Waals surface area contributed by atoms with Crippen LogP contribution in [0.25, 0.3) is 16.6 Å². The van der Waals surface area contributed by atoms with E-state index >= 15 is 0 Å². The van der Waals surface area contributed by atoms with Crippen LogP contribution in [-0.4, -0.2) is 86.1 Å². The van der Waals surface area contributed by atoms with Crippen molar-refractivity contribution in [1.82, 2.24) is 19.6 Å². The maximum Gasteiger partial charge on any atom is 0.416 e. The minimum atomic E-state index is -4.60. The number of benzene rings is 3. The molecule has 2 aliphatic heterocycles. The van der Waals surface area contributed by atoms with E-state index in [0.717, 1.165) is 47.5 Å². The van der Waals surface area contributed by atoms with E-state index in [2.05, 4.69) is 43.7 Å². The summed E-state index contributed by atoms with van der Waals surface area (Å²) in [6.45, 7) is 10.3. The predicted molar refractivity (Wildman–Crippen MR) is 233 cm³/mol. The molecule has 2 saturated heterocycles. The number of ether oxygens (including phenoxy) is 2. The van der Waals surface area contributed by atoms with Crippen LogP contribution in [0.1, 0.15) is 66.6 Å². The molecule has 3 aromatic carbocycles. The number of H-pyrrole nitrogens is 1. The first-order valence-electron chi connectivity index (χ1n) is 20.7. The van der Waals surface area contributed by atoms with Crippen molar-refractivity contribution in [2.45, 2.75) is 63.6 Å². The number of anilines is 2. The third-order valence-electron chi connectivity index (χ3n) is 12.0. The van der Waals surface area contributed by atoms with Gasteiger partial charge in [0.05, 0.1) is 39.8 Å². The number of carbonyl (C=O) groups is 1. The van der Waals surface area contributed by atoms with E-state index in [1.807, 2.05) is 6.07 Å². The fourth-order valence-corrected chi connectivity index (χ4v) is 9.53. The molecule has 1 amide bonds. The Hall–Kier alpha value is -5.98.